The molecule has 0 unspecified atom stereocenters. The van der Waals surface area contributed by atoms with Crippen molar-refractivity contribution >= 4 is 23.3 Å². The third kappa shape index (κ3) is 5.37. The average Bonchev–Trinajstić information content (AvgIpc) is 2.58. The number of hydrogen-bond acceptors (Lipinski definition) is 4. The lowest BCUT2D eigenvalue weighted by Gasteiger charge is -2.21. The number of amides is 1. The number of anilines is 1. The number of carbonyl (C=O) groups is 2. The Balaban J connectivity index is 2.23. The molecule has 0 saturated carbocycles. The first-order valence-electron chi connectivity index (χ1n) is 8.52. The third-order valence-electron chi connectivity index (χ3n) is 4.41. The molecule has 0 aromatic heterocycles. The van der Waals surface area contributed by atoms with Gasteiger partial charge in [0.2, 0.25) is 5.91 Å². The number of aliphatic carboxylic acids is 1. The van der Waals surface area contributed by atoms with E-state index in [1.54, 1.807) is 0 Å². The van der Waals surface area contributed by atoms with Crippen LogP contribution in [0.1, 0.15) is 23.6 Å². The Bertz CT molecular complexity index is 841. The van der Waals surface area contributed by atoms with E-state index in [0.717, 1.165) is 16.7 Å². The van der Waals surface area contributed by atoms with E-state index < -0.39 is 28.6 Å². The minimum atomic E-state index is -1.05. The van der Waals surface area contributed by atoms with Crippen LogP contribution in [0.15, 0.2) is 42.5 Å². The second kappa shape index (κ2) is 8.44. The summed E-state index contributed by atoms with van der Waals surface area (Å²) in [5, 5.41) is 22.8. The summed E-state index contributed by atoms with van der Waals surface area (Å²) in [5.74, 6) is -3.15. The van der Waals surface area contributed by atoms with Crippen molar-refractivity contribution in [3.05, 3.63) is 69.3 Å². The highest BCUT2D eigenvalue weighted by atomic mass is 16.6. The summed E-state index contributed by atoms with van der Waals surface area (Å²) in [4.78, 5) is 34.4. The monoisotopic (exact) mass is 370 g/mol. The quantitative estimate of drug-likeness (QED) is 0.570. The number of nitro benzene ring substituents is 1. The largest absolute Gasteiger partial charge is 0.481 e. The van der Waals surface area contributed by atoms with Gasteiger partial charge in [-0.25, -0.2) is 0 Å². The zero-order chi connectivity index (χ0) is 20.1. The lowest BCUT2D eigenvalue weighted by Crippen LogP contribution is -2.33. The molecule has 2 aromatic rings. The van der Waals surface area contributed by atoms with E-state index in [-0.39, 0.29) is 12.1 Å². The van der Waals surface area contributed by atoms with Crippen LogP contribution in [0.25, 0.3) is 0 Å². The molecule has 7 heteroatoms. The van der Waals surface area contributed by atoms with Gasteiger partial charge in [0.1, 0.15) is 0 Å². The second-order valence-corrected chi connectivity index (χ2v) is 6.73. The number of rotatable bonds is 7. The molecular weight excluding hydrogens is 348 g/mol. The Morgan fingerprint density at radius 1 is 1.11 bits per heavy atom. The number of carboxylic acid groups (broad SMARTS) is 1. The molecule has 1 amide bonds. The van der Waals surface area contributed by atoms with Gasteiger partial charge in [0, 0.05) is 17.8 Å². The maximum absolute atomic E-state index is 12.7. The van der Waals surface area contributed by atoms with Crippen molar-refractivity contribution in [3.8, 4) is 0 Å². The minimum Gasteiger partial charge on any atom is -0.481 e. The van der Waals surface area contributed by atoms with Crippen molar-refractivity contribution in [2.75, 3.05) is 5.32 Å². The van der Waals surface area contributed by atoms with Crippen LogP contribution in [0, 0.1) is 35.8 Å². The van der Waals surface area contributed by atoms with E-state index in [2.05, 4.69) is 5.32 Å². The zero-order valence-electron chi connectivity index (χ0n) is 15.4. The van der Waals surface area contributed by atoms with Gasteiger partial charge < -0.3 is 10.4 Å². The van der Waals surface area contributed by atoms with Crippen molar-refractivity contribution in [1.29, 1.82) is 0 Å². The van der Waals surface area contributed by atoms with Crippen molar-refractivity contribution in [2.45, 2.75) is 27.2 Å². The predicted octanol–water partition coefficient (Wildman–Crippen LogP) is 3.73. The van der Waals surface area contributed by atoms with E-state index in [0.29, 0.717) is 5.69 Å². The zero-order valence-corrected chi connectivity index (χ0v) is 15.4. The van der Waals surface area contributed by atoms with Gasteiger partial charge in [0.05, 0.1) is 16.8 Å². The standard InChI is InChI=1S/C20H22N2O5/c1-12-8-13(2)10-15(9-12)11-18(14(3)20(24)25)19(23)21-16-4-6-17(7-5-16)22(26)27/h4-10,14,18H,11H2,1-3H3,(H,21,23)(H,24,25)/t14-,18+/m0/s1. The molecule has 0 aliphatic carbocycles. The van der Waals surface area contributed by atoms with Crippen molar-refractivity contribution < 1.29 is 19.6 Å². The molecule has 0 spiro atoms. The van der Waals surface area contributed by atoms with Crippen LogP contribution in [0.2, 0.25) is 0 Å². The number of carbonyl (C=O) groups excluding carboxylic acids is 1. The maximum Gasteiger partial charge on any atom is 0.307 e. The molecule has 2 rings (SSSR count). The summed E-state index contributed by atoms with van der Waals surface area (Å²) in [7, 11) is 0. The number of benzene rings is 2. The number of carboxylic acids is 1. The fourth-order valence-corrected chi connectivity index (χ4v) is 3.01. The molecule has 0 aliphatic rings. The summed E-state index contributed by atoms with van der Waals surface area (Å²) in [6, 6.07) is 11.3. The van der Waals surface area contributed by atoms with Crippen molar-refractivity contribution in [1.82, 2.24) is 0 Å². The van der Waals surface area contributed by atoms with Gasteiger partial charge in [-0.3, -0.25) is 19.7 Å². The number of nitro groups is 1. The molecule has 2 N–H and O–H groups in total. The molecule has 142 valence electrons. The molecule has 27 heavy (non-hydrogen) atoms. The van der Waals surface area contributed by atoms with E-state index in [9.17, 15) is 24.8 Å². The Morgan fingerprint density at radius 3 is 2.15 bits per heavy atom. The summed E-state index contributed by atoms with van der Waals surface area (Å²) < 4.78 is 0. The molecule has 2 aromatic carbocycles. The topological polar surface area (TPSA) is 110 Å². The van der Waals surface area contributed by atoms with Gasteiger partial charge in [-0.05, 0) is 38.0 Å². The van der Waals surface area contributed by atoms with E-state index in [1.807, 2.05) is 32.0 Å². The van der Waals surface area contributed by atoms with Crippen molar-refractivity contribution in [2.24, 2.45) is 11.8 Å². The Kier molecular flexibility index (Phi) is 6.28. The number of nitrogens with zero attached hydrogens (tertiary/aromatic N) is 1. The van der Waals surface area contributed by atoms with Gasteiger partial charge in [0.15, 0.2) is 0 Å². The average molecular weight is 370 g/mol. The first-order chi connectivity index (χ1) is 12.7. The predicted molar refractivity (Wildman–Crippen MR) is 102 cm³/mol. The van der Waals surface area contributed by atoms with Crippen LogP contribution in [-0.2, 0) is 16.0 Å². The van der Waals surface area contributed by atoms with Crippen LogP contribution in [0.3, 0.4) is 0 Å². The molecule has 0 radical (unpaired) electrons. The number of hydrogen-bond donors (Lipinski definition) is 2. The SMILES string of the molecule is Cc1cc(C)cc(C[C@@H](C(=O)Nc2ccc([N+](=O)[O-])cc2)[C@H](C)C(=O)O)c1. The Morgan fingerprint density at radius 2 is 1.67 bits per heavy atom. The van der Waals surface area contributed by atoms with Gasteiger partial charge in [-0.2, -0.15) is 0 Å². The number of nitrogens with one attached hydrogen (secondary N) is 1. The summed E-state index contributed by atoms with van der Waals surface area (Å²) in [6.45, 7) is 5.40. The van der Waals surface area contributed by atoms with Crippen molar-refractivity contribution in [3.63, 3.8) is 0 Å². The van der Waals surface area contributed by atoms with E-state index >= 15 is 0 Å². The van der Waals surface area contributed by atoms with E-state index in [1.165, 1.54) is 31.2 Å². The highest BCUT2D eigenvalue weighted by Crippen LogP contribution is 2.23. The molecule has 0 aliphatic heterocycles. The molecule has 7 nitrogen and oxygen atoms in total. The van der Waals surface area contributed by atoms with Gasteiger partial charge in [-0.15, -0.1) is 0 Å². The normalized spacial score (nSPS) is 12.9. The third-order valence-corrected chi connectivity index (χ3v) is 4.41. The molecular formula is C20H22N2O5. The Labute approximate surface area is 157 Å². The fraction of sp³-hybridized carbons (Fsp3) is 0.300. The highest BCUT2D eigenvalue weighted by Gasteiger charge is 2.30. The minimum absolute atomic E-state index is 0.0845. The molecule has 0 heterocycles. The maximum atomic E-state index is 12.7. The first-order valence-corrected chi connectivity index (χ1v) is 8.52. The smallest absolute Gasteiger partial charge is 0.307 e. The highest BCUT2D eigenvalue weighted by molar-refractivity contribution is 5.95. The van der Waals surface area contributed by atoms with Crippen LogP contribution in [-0.4, -0.2) is 21.9 Å². The van der Waals surface area contributed by atoms with Crippen LogP contribution >= 0.6 is 0 Å². The number of aryl methyl sites for hydroxylation is 2. The second-order valence-electron chi connectivity index (χ2n) is 6.73. The summed E-state index contributed by atoms with van der Waals surface area (Å²) in [6.07, 6.45) is 0.287. The van der Waals surface area contributed by atoms with E-state index in [4.69, 9.17) is 0 Å². The lowest BCUT2D eigenvalue weighted by molar-refractivity contribution is -0.384. The molecule has 2 atom stereocenters. The van der Waals surface area contributed by atoms with Crippen LogP contribution < -0.4 is 5.32 Å². The van der Waals surface area contributed by atoms with Gasteiger partial charge >= 0.3 is 5.97 Å². The Hall–Kier alpha value is -3.22. The van der Waals surface area contributed by atoms with Crippen LogP contribution in [0.4, 0.5) is 11.4 Å². The van der Waals surface area contributed by atoms with Gasteiger partial charge in [0.25, 0.3) is 5.69 Å². The van der Waals surface area contributed by atoms with Crippen LogP contribution in [0.5, 0.6) is 0 Å². The number of non-ortho nitro benzene ring substituents is 1. The molecule has 0 bridgehead atoms. The van der Waals surface area contributed by atoms with Gasteiger partial charge in [-0.1, -0.05) is 36.2 Å². The fourth-order valence-electron chi connectivity index (χ4n) is 3.01. The molecule has 0 fully saturated rings. The molecule has 0 saturated heterocycles. The first kappa shape index (κ1) is 20.1. The summed E-state index contributed by atoms with van der Waals surface area (Å²) >= 11 is 0. The lowest BCUT2D eigenvalue weighted by atomic mass is 9.86. The summed E-state index contributed by atoms with van der Waals surface area (Å²) in [5.41, 5.74) is 3.28.